The van der Waals surface area contributed by atoms with Gasteiger partial charge in [-0.25, -0.2) is 0 Å². The first-order chi connectivity index (χ1) is 9.96. The summed E-state index contributed by atoms with van der Waals surface area (Å²) in [6.45, 7) is 13.0. The summed E-state index contributed by atoms with van der Waals surface area (Å²) in [5, 5.41) is 3.16. The van der Waals surface area contributed by atoms with Crippen LogP contribution < -0.4 is 11.1 Å². The van der Waals surface area contributed by atoms with Gasteiger partial charge in [0.1, 0.15) is 5.54 Å². The van der Waals surface area contributed by atoms with Gasteiger partial charge in [-0.1, -0.05) is 27.7 Å². The Balaban J connectivity index is 0.00000264. The van der Waals surface area contributed by atoms with Gasteiger partial charge in [-0.3, -0.25) is 4.79 Å². The minimum absolute atomic E-state index is 0. The molecule has 2 fully saturated rings. The van der Waals surface area contributed by atoms with Gasteiger partial charge in [-0.05, 0) is 20.3 Å². The van der Waals surface area contributed by atoms with Crippen molar-refractivity contribution in [2.24, 2.45) is 16.6 Å². The highest BCUT2D eigenvalue weighted by Crippen LogP contribution is 2.53. The topological polar surface area (TPSA) is 73.6 Å². The number of ether oxygens (including phenoxy) is 2. The van der Waals surface area contributed by atoms with E-state index in [0.717, 1.165) is 6.42 Å². The van der Waals surface area contributed by atoms with Crippen molar-refractivity contribution in [1.82, 2.24) is 5.32 Å². The molecule has 6 heteroatoms. The molecule has 0 aromatic carbocycles. The fourth-order valence-corrected chi connectivity index (χ4v) is 3.83. The number of hydrogen-bond acceptors (Lipinski definition) is 4. The highest BCUT2D eigenvalue weighted by molar-refractivity contribution is 5.89. The van der Waals surface area contributed by atoms with Crippen LogP contribution >= 0.6 is 12.4 Å². The second-order valence-electron chi connectivity index (χ2n) is 8.23. The maximum atomic E-state index is 12.8. The molecule has 2 rings (SSSR count). The van der Waals surface area contributed by atoms with E-state index < -0.39 is 5.54 Å². The van der Waals surface area contributed by atoms with Crippen molar-refractivity contribution in [3.63, 3.8) is 0 Å². The summed E-state index contributed by atoms with van der Waals surface area (Å²) >= 11 is 0. The molecule has 0 bridgehead atoms. The van der Waals surface area contributed by atoms with E-state index in [9.17, 15) is 4.79 Å². The quantitative estimate of drug-likeness (QED) is 0.799. The largest absolute Gasteiger partial charge is 0.378 e. The molecule has 4 unspecified atom stereocenters. The number of nitrogens with two attached hydrogens (primary N) is 1. The molecule has 2 saturated carbocycles. The van der Waals surface area contributed by atoms with Crippen molar-refractivity contribution >= 4 is 18.3 Å². The van der Waals surface area contributed by atoms with Crippen LogP contribution in [0.25, 0.3) is 0 Å². The van der Waals surface area contributed by atoms with Gasteiger partial charge in [-0.2, -0.15) is 0 Å². The van der Waals surface area contributed by atoms with Crippen molar-refractivity contribution in [2.45, 2.75) is 77.7 Å². The van der Waals surface area contributed by atoms with E-state index >= 15 is 0 Å². The minimum Gasteiger partial charge on any atom is -0.378 e. The molecular formula is C17H33ClN2O3. The van der Waals surface area contributed by atoms with Crippen LogP contribution in [-0.4, -0.2) is 42.9 Å². The first-order valence-electron chi connectivity index (χ1n) is 8.23. The van der Waals surface area contributed by atoms with Gasteiger partial charge in [0.05, 0.1) is 11.7 Å². The SMILES string of the molecule is CCOC1CC(N)(C(=O)NC2CC(C)(OC)C2(C)C)C1(C)C.Cl. The van der Waals surface area contributed by atoms with Crippen LogP contribution in [0.4, 0.5) is 0 Å². The van der Waals surface area contributed by atoms with Gasteiger partial charge in [0.25, 0.3) is 0 Å². The smallest absolute Gasteiger partial charge is 0.241 e. The Bertz CT molecular complexity index is 469. The average Bonchev–Trinajstić information content (AvgIpc) is 2.45. The summed E-state index contributed by atoms with van der Waals surface area (Å²) in [5.41, 5.74) is 4.91. The highest BCUT2D eigenvalue weighted by Gasteiger charge is 2.65. The summed E-state index contributed by atoms with van der Waals surface area (Å²) in [5.74, 6) is -0.0651. The monoisotopic (exact) mass is 348 g/mol. The number of rotatable bonds is 5. The molecule has 0 saturated heterocycles. The molecule has 0 radical (unpaired) electrons. The average molecular weight is 349 g/mol. The van der Waals surface area contributed by atoms with E-state index in [4.69, 9.17) is 15.2 Å². The van der Waals surface area contributed by atoms with Crippen LogP contribution in [0.15, 0.2) is 0 Å². The van der Waals surface area contributed by atoms with E-state index in [2.05, 4.69) is 26.1 Å². The van der Waals surface area contributed by atoms with Gasteiger partial charge in [0.15, 0.2) is 0 Å². The fourth-order valence-electron chi connectivity index (χ4n) is 3.83. The highest BCUT2D eigenvalue weighted by atomic mass is 35.5. The van der Waals surface area contributed by atoms with E-state index in [-0.39, 0.29) is 46.9 Å². The van der Waals surface area contributed by atoms with Crippen molar-refractivity contribution in [1.29, 1.82) is 0 Å². The predicted molar refractivity (Wildman–Crippen MR) is 93.7 cm³/mol. The second kappa shape index (κ2) is 6.17. The Kier molecular flexibility index (Phi) is 5.55. The standard InChI is InChI=1S/C17H32N2O3.ClH/c1-8-22-12-10-17(18,15(12,4)5)13(20)19-11-9-16(6,21-7)14(11,2)3;/h11-12H,8-10,18H2,1-7H3,(H,19,20);1H. The van der Waals surface area contributed by atoms with Gasteiger partial charge >= 0.3 is 0 Å². The van der Waals surface area contributed by atoms with Crippen LogP contribution in [0.5, 0.6) is 0 Å². The molecule has 0 aliphatic heterocycles. The molecule has 1 amide bonds. The summed E-state index contributed by atoms with van der Waals surface area (Å²) in [4.78, 5) is 12.8. The molecule has 0 spiro atoms. The minimum atomic E-state index is -0.859. The lowest BCUT2D eigenvalue weighted by Gasteiger charge is -2.62. The van der Waals surface area contributed by atoms with E-state index in [1.165, 1.54) is 0 Å². The summed E-state index contributed by atoms with van der Waals surface area (Å²) in [6, 6.07) is 0.0901. The molecule has 2 aliphatic carbocycles. The number of methoxy groups -OCH3 is 1. The van der Waals surface area contributed by atoms with E-state index in [0.29, 0.717) is 13.0 Å². The second-order valence-corrected chi connectivity index (χ2v) is 8.23. The van der Waals surface area contributed by atoms with Gasteiger partial charge < -0.3 is 20.5 Å². The van der Waals surface area contributed by atoms with Crippen molar-refractivity contribution in [2.75, 3.05) is 13.7 Å². The summed E-state index contributed by atoms with van der Waals surface area (Å²) in [7, 11) is 1.73. The normalized spacial score (nSPS) is 40.3. The lowest BCUT2D eigenvalue weighted by Crippen LogP contribution is -2.78. The molecule has 136 valence electrons. The van der Waals surface area contributed by atoms with Crippen LogP contribution in [0.1, 0.15) is 54.4 Å². The van der Waals surface area contributed by atoms with Crippen molar-refractivity contribution in [3.05, 3.63) is 0 Å². The van der Waals surface area contributed by atoms with Gasteiger partial charge in [0.2, 0.25) is 5.91 Å². The number of carbonyl (C=O) groups is 1. The first-order valence-corrected chi connectivity index (χ1v) is 8.23. The maximum Gasteiger partial charge on any atom is 0.241 e. The van der Waals surface area contributed by atoms with Gasteiger partial charge in [0, 0.05) is 37.0 Å². The molecule has 4 atom stereocenters. The maximum absolute atomic E-state index is 12.8. The van der Waals surface area contributed by atoms with E-state index in [1.54, 1.807) is 7.11 Å². The summed E-state index contributed by atoms with van der Waals surface area (Å²) < 4.78 is 11.3. The molecule has 0 aromatic rings. The molecule has 0 aromatic heterocycles. The zero-order valence-electron chi connectivity index (χ0n) is 15.5. The molecule has 2 aliphatic rings. The van der Waals surface area contributed by atoms with Crippen molar-refractivity contribution in [3.8, 4) is 0 Å². The van der Waals surface area contributed by atoms with Crippen molar-refractivity contribution < 1.29 is 14.3 Å². The predicted octanol–water partition coefficient (Wildman–Crippen LogP) is 2.26. The number of hydrogen-bond donors (Lipinski definition) is 2. The summed E-state index contributed by atoms with van der Waals surface area (Å²) in [6.07, 6.45) is 1.44. The number of halogens is 1. The molecule has 23 heavy (non-hydrogen) atoms. The Morgan fingerprint density at radius 2 is 1.74 bits per heavy atom. The van der Waals surface area contributed by atoms with Crippen LogP contribution in [0, 0.1) is 10.8 Å². The molecule has 0 heterocycles. The Labute approximate surface area is 146 Å². The molecule has 5 nitrogen and oxygen atoms in total. The Morgan fingerprint density at radius 1 is 1.17 bits per heavy atom. The lowest BCUT2D eigenvalue weighted by atomic mass is 9.53. The third kappa shape index (κ3) is 2.70. The van der Waals surface area contributed by atoms with E-state index in [1.807, 2.05) is 20.8 Å². The molecule has 3 N–H and O–H groups in total. The Morgan fingerprint density at radius 3 is 2.13 bits per heavy atom. The number of amides is 1. The zero-order valence-corrected chi connectivity index (χ0v) is 16.3. The first kappa shape index (κ1) is 20.7. The third-order valence-electron chi connectivity index (χ3n) is 6.82. The zero-order chi connectivity index (χ0) is 17.0. The van der Waals surface area contributed by atoms with Crippen LogP contribution in [0.2, 0.25) is 0 Å². The van der Waals surface area contributed by atoms with Crippen LogP contribution in [0.3, 0.4) is 0 Å². The number of carbonyl (C=O) groups excluding carboxylic acids is 1. The lowest BCUT2D eigenvalue weighted by molar-refractivity contribution is -0.193. The Hall–Kier alpha value is -0.360. The number of nitrogens with one attached hydrogen (secondary N) is 1. The van der Waals surface area contributed by atoms with Crippen LogP contribution in [-0.2, 0) is 14.3 Å². The third-order valence-corrected chi connectivity index (χ3v) is 6.82. The fraction of sp³-hybridized carbons (Fsp3) is 0.941. The van der Waals surface area contributed by atoms with Gasteiger partial charge in [-0.15, -0.1) is 12.4 Å². The molecular weight excluding hydrogens is 316 g/mol.